The molecule has 0 aliphatic rings. The Morgan fingerprint density at radius 3 is 2.38 bits per heavy atom. The van der Waals surface area contributed by atoms with Crippen LogP contribution in [0.15, 0.2) is 67.1 Å². The number of nitrogens with one attached hydrogen (secondary N) is 1. The summed E-state index contributed by atoms with van der Waals surface area (Å²) in [4.78, 5) is 20.5. The van der Waals surface area contributed by atoms with Gasteiger partial charge in [-0.1, -0.05) is 50.2 Å². The van der Waals surface area contributed by atoms with Crippen molar-refractivity contribution >= 4 is 6.09 Å². The Labute approximate surface area is 235 Å². The summed E-state index contributed by atoms with van der Waals surface area (Å²) in [5.74, 6) is 1.23. The average Bonchev–Trinajstić information content (AvgIpc) is 3.30. The van der Waals surface area contributed by atoms with Gasteiger partial charge in [0.05, 0.1) is 24.5 Å². The molecule has 40 heavy (non-hydrogen) atoms. The van der Waals surface area contributed by atoms with Crippen molar-refractivity contribution in [3.8, 4) is 28.3 Å². The second kappa shape index (κ2) is 12.7. The molecule has 0 fully saturated rings. The first-order chi connectivity index (χ1) is 19.1. The molecule has 9 heteroatoms. The quantitative estimate of drug-likeness (QED) is 0.263. The summed E-state index contributed by atoms with van der Waals surface area (Å²) in [7, 11) is 0. The topological polar surface area (TPSA) is 111 Å². The van der Waals surface area contributed by atoms with Gasteiger partial charge in [-0.2, -0.15) is 5.10 Å². The van der Waals surface area contributed by atoms with Gasteiger partial charge in [0.1, 0.15) is 30.0 Å². The van der Waals surface area contributed by atoms with Crippen molar-refractivity contribution in [2.45, 2.75) is 65.9 Å². The second-order valence-electron chi connectivity index (χ2n) is 10.8. The second-order valence-corrected chi connectivity index (χ2v) is 10.8. The number of ether oxygens (including phenoxy) is 2. The molecule has 2 aromatic heterocycles. The van der Waals surface area contributed by atoms with Crippen molar-refractivity contribution < 1.29 is 19.4 Å². The first-order valence-electron chi connectivity index (χ1n) is 13.4. The molecule has 0 saturated carbocycles. The van der Waals surface area contributed by atoms with Gasteiger partial charge in [-0.3, -0.25) is 4.68 Å². The Kier molecular flexibility index (Phi) is 9.16. The number of carbonyl (C=O) groups is 1. The minimum Gasteiger partial charge on any atom is -0.489 e. The van der Waals surface area contributed by atoms with E-state index in [9.17, 15) is 9.90 Å². The molecule has 0 atom stereocenters. The van der Waals surface area contributed by atoms with Crippen molar-refractivity contribution in [3.63, 3.8) is 0 Å². The number of alkyl carbamates (subject to hydrolysis) is 1. The highest BCUT2D eigenvalue weighted by Gasteiger charge is 2.22. The predicted octanol–water partition coefficient (Wildman–Crippen LogP) is 5.73. The molecule has 0 spiro atoms. The van der Waals surface area contributed by atoms with E-state index in [0.29, 0.717) is 36.2 Å². The third-order valence-corrected chi connectivity index (χ3v) is 6.22. The minimum absolute atomic E-state index is 0.246. The maximum atomic E-state index is 12.1. The normalized spacial score (nSPS) is 11.5. The molecule has 1 amide bonds. The van der Waals surface area contributed by atoms with Crippen LogP contribution in [0.25, 0.3) is 22.5 Å². The van der Waals surface area contributed by atoms with Crippen LogP contribution in [0.5, 0.6) is 5.75 Å². The zero-order chi connectivity index (χ0) is 28.7. The van der Waals surface area contributed by atoms with Gasteiger partial charge < -0.3 is 19.9 Å². The van der Waals surface area contributed by atoms with E-state index in [-0.39, 0.29) is 13.2 Å². The molecule has 4 aromatic rings. The highest BCUT2D eigenvalue weighted by atomic mass is 16.6. The lowest BCUT2D eigenvalue weighted by Crippen LogP contribution is -2.34. The van der Waals surface area contributed by atoms with Gasteiger partial charge in [-0.05, 0) is 61.6 Å². The monoisotopic (exact) mass is 543 g/mol. The van der Waals surface area contributed by atoms with Gasteiger partial charge in [-0.15, -0.1) is 0 Å². The summed E-state index contributed by atoms with van der Waals surface area (Å²) in [5, 5.41) is 17.9. The number of hydrogen-bond acceptors (Lipinski definition) is 7. The van der Waals surface area contributed by atoms with Crippen LogP contribution >= 0.6 is 0 Å². The van der Waals surface area contributed by atoms with Crippen molar-refractivity contribution in [1.29, 1.82) is 0 Å². The number of hydrogen-bond donors (Lipinski definition) is 2. The van der Waals surface area contributed by atoms with Crippen molar-refractivity contribution in [3.05, 3.63) is 83.9 Å². The van der Waals surface area contributed by atoms with Crippen molar-refractivity contribution in [2.75, 3.05) is 6.54 Å². The molecule has 0 saturated heterocycles. The fraction of sp³-hybridized carbons (Fsp3) is 0.355. The van der Waals surface area contributed by atoms with Crippen LogP contribution in [0.4, 0.5) is 4.79 Å². The standard InChI is InChI=1S/C31H37N5O4/c1-21(2)23-8-6-22(7-9-23)19-39-25-12-10-24(11-13-25)28-27(18-37)36(17-16-33-30(38)40-31(3,4)5)35-29(28)26-14-15-32-20-34-26/h6-15,20-21,37H,16-19H2,1-5H3,(H,33,38). The molecular weight excluding hydrogens is 506 g/mol. The van der Waals surface area contributed by atoms with Gasteiger partial charge in [0, 0.05) is 18.3 Å². The van der Waals surface area contributed by atoms with E-state index in [4.69, 9.17) is 14.6 Å². The Balaban J connectivity index is 1.54. The summed E-state index contributed by atoms with van der Waals surface area (Å²) < 4.78 is 13.0. The molecule has 210 valence electrons. The van der Waals surface area contributed by atoms with E-state index in [2.05, 4.69) is 53.4 Å². The van der Waals surface area contributed by atoms with E-state index < -0.39 is 11.7 Å². The van der Waals surface area contributed by atoms with Crippen LogP contribution in [0.2, 0.25) is 0 Å². The molecule has 0 aliphatic carbocycles. The van der Waals surface area contributed by atoms with Gasteiger partial charge in [0.15, 0.2) is 0 Å². The first-order valence-corrected chi connectivity index (χ1v) is 13.4. The summed E-state index contributed by atoms with van der Waals surface area (Å²) in [6.07, 6.45) is 2.61. The molecule has 9 nitrogen and oxygen atoms in total. The van der Waals surface area contributed by atoms with Crippen LogP contribution in [-0.4, -0.2) is 43.1 Å². The van der Waals surface area contributed by atoms with E-state index in [1.165, 1.54) is 11.9 Å². The zero-order valence-electron chi connectivity index (χ0n) is 23.7. The van der Waals surface area contributed by atoms with E-state index in [1.54, 1.807) is 16.9 Å². The molecule has 2 heterocycles. The van der Waals surface area contributed by atoms with Crippen molar-refractivity contribution in [2.24, 2.45) is 0 Å². The predicted molar refractivity (Wildman–Crippen MR) is 154 cm³/mol. The van der Waals surface area contributed by atoms with Gasteiger partial charge >= 0.3 is 6.09 Å². The molecule has 0 aliphatic heterocycles. The number of benzene rings is 2. The van der Waals surface area contributed by atoms with Gasteiger partial charge in [0.25, 0.3) is 0 Å². The fourth-order valence-electron chi connectivity index (χ4n) is 4.22. The van der Waals surface area contributed by atoms with Gasteiger partial charge in [0.2, 0.25) is 0 Å². The molecular formula is C31H37N5O4. The SMILES string of the molecule is CC(C)c1ccc(COc2ccc(-c3c(-c4ccncn4)nn(CCNC(=O)OC(C)(C)C)c3CO)cc2)cc1. The van der Waals surface area contributed by atoms with Crippen LogP contribution in [0.1, 0.15) is 57.4 Å². The fourth-order valence-corrected chi connectivity index (χ4v) is 4.22. The summed E-state index contributed by atoms with van der Waals surface area (Å²) in [6.45, 7) is 10.6. The van der Waals surface area contributed by atoms with Gasteiger partial charge in [-0.25, -0.2) is 14.8 Å². The third kappa shape index (κ3) is 7.45. The lowest BCUT2D eigenvalue weighted by Gasteiger charge is -2.19. The lowest BCUT2D eigenvalue weighted by atomic mass is 10.0. The molecule has 2 aromatic carbocycles. The molecule has 0 bridgehead atoms. The summed E-state index contributed by atoms with van der Waals surface area (Å²) in [5.41, 5.74) is 5.28. The Hall–Kier alpha value is -4.24. The number of amides is 1. The number of rotatable bonds is 10. The molecule has 4 rings (SSSR count). The third-order valence-electron chi connectivity index (χ3n) is 6.22. The number of aliphatic hydroxyl groups excluding tert-OH is 1. The average molecular weight is 544 g/mol. The lowest BCUT2D eigenvalue weighted by molar-refractivity contribution is 0.0525. The van der Waals surface area contributed by atoms with E-state index in [0.717, 1.165) is 22.4 Å². The summed E-state index contributed by atoms with van der Waals surface area (Å²) >= 11 is 0. The molecule has 2 N–H and O–H groups in total. The van der Waals surface area contributed by atoms with E-state index >= 15 is 0 Å². The van der Waals surface area contributed by atoms with Crippen LogP contribution in [0, 0.1) is 0 Å². The largest absolute Gasteiger partial charge is 0.489 e. The number of aliphatic hydroxyl groups is 1. The maximum absolute atomic E-state index is 12.1. The molecule has 0 radical (unpaired) electrons. The van der Waals surface area contributed by atoms with Crippen LogP contribution in [0.3, 0.4) is 0 Å². The highest BCUT2D eigenvalue weighted by Crippen LogP contribution is 2.35. The zero-order valence-corrected chi connectivity index (χ0v) is 23.7. The van der Waals surface area contributed by atoms with Crippen LogP contribution in [-0.2, 0) is 24.5 Å². The Morgan fingerprint density at radius 1 is 1.05 bits per heavy atom. The Morgan fingerprint density at radius 2 is 1.77 bits per heavy atom. The first kappa shape index (κ1) is 28.8. The Bertz CT molecular complexity index is 1390. The maximum Gasteiger partial charge on any atom is 0.407 e. The number of carbonyl (C=O) groups excluding carboxylic acids is 1. The van der Waals surface area contributed by atoms with Crippen molar-refractivity contribution in [1.82, 2.24) is 25.1 Å². The smallest absolute Gasteiger partial charge is 0.407 e. The van der Waals surface area contributed by atoms with Crippen LogP contribution < -0.4 is 10.1 Å². The highest BCUT2D eigenvalue weighted by molar-refractivity contribution is 5.81. The minimum atomic E-state index is -0.590. The number of nitrogens with zero attached hydrogens (tertiary/aromatic N) is 4. The summed E-state index contributed by atoms with van der Waals surface area (Å²) in [6, 6.07) is 17.9. The van der Waals surface area contributed by atoms with E-state index in [1.807, 2.05) is 45.0 Å². The molecule has 0 unspecified atom stereocenters. The number of aromatic nitrogens is 4.